The first-order valence-corrected chi connectivity index (χ1v) is 5.85. The molecule has 1 fully saturated rings. The van der Waals surface area contributed by atoms with Gasteiger partial charge in [-0.2, -0.15) is 0 Å². The van der Waals surface area contributed by atoms with Crippen LogP contribution in [0.2, 0.25) is 0 Å². The molecule has 2 rings (SSSR count). The van der Waals surface area contributed by atoms with Crippen LogP contribution in [-0.2, 0) is 4.74 Å². The summed E-state index contributed by atoms with van der Waals surface area (Å²) in [5.74, 6) is 0.769. The van der Waals surface area contributed by atoms with Gasteiger partial charge in [0.15, 0.2) is 0 Å². The summed E-state index contributed by atoms with van der Waals surface area (Å²) >= 11 is 3.40. The van der Waals surface area contributed by atoms with Crippen molar-refractivity contribution < 1.29 is 14.6 Å². The highest BCUT2D eigenvalue weighted by Crippen LogP contribution is 2.25. The number of methoxy groups -OCH3 is 1. The second-order valence-corrected chi connectivity index (χ2v) is 4.65. The molecule has 0 amide bonds. The van der Waals surface area contributed by atoms with Crippen molar-refractivity contribution in [3.05, 3.63) is 22.7 Å². The maximum atomic E-state index is 9.62. The molecule has 0 bridgehead atoms. The summed E-state index contributed by atoms with van der Waals surface area (Å²) in [4.78, 5) is 0. The summed E-state index contributed by atoms with van der Waals surface area (Å²) in [5, 5.41) is 12.8. The molecule has 0 aliphatic carbocycles. The van der Waals surface area contributed by atoms with Crippen LogP contribution in [-0.4, -0.2) is 37.6 Å². The Hall–Kier alpha value is -0.780. The first-order chi connectivity index (χ1) is 7.69. The van der Waals surface area contributed by atoms with Crippen molar-refractivity contribution in [1.82, 2.24) is 0 Å². The molecular weight excluding hydrogens is 274 g/mol. The number of halogens is 1. The van der Waals surface area contributed by atoms with E-state index in [0.717, 1.165) is 15.9 Å². The monoisotopic (exact) mass is 287 g/mol. The van der Waals surface area contributed by atoms with Gasteiger partial charge in [0.25, 0.3) is 0 Å². The quantitative estimate of drug-likeness (QED) is 0.887. The molecule has 5 heteroatoms. The minimum atomic E-state index is -0.454. The third-order valence-corrected chi connectivity index (χ3v) is 2.97. The number of hydrogen-bond acceptors (Lipinski definition) is 4. The van der Waals surface area contributed by atoms with E-state index in [1.54, 1.807) is 7.11 Å². The van der Waals surface area contributed by atoms with E-state index in [2.05, 4.69) is 21.2 Å². The molecule has 2 N–H and O–H groups in total. The van der Waals surface area contributed by atoms with Crippen LogP contribution in [0.25, 0.3) is 0 Å². The van der Waals surface area contributed by atoms with Gasteiger partial charge in [-0.15, -0.1) is 0 Å². The largest absolute Gasteiger partial charge is 0.497 e. The molecule has 0 saturated carbocycles. The van der Waals surface area contributed by atoms with Crippen LogP contribution in [0.5, 0.6) is 5.75 Å². The Labute approximate surface area is 103 Å². The van der Waals surface area contributed by atoms with Crippen LogP contribution in [0.4, 0.5) is 5.69 Å². The standard InChI is InChI=1S/C11H14BrNO3/c1-15-9-3-7(12)2-8(4-9)13-10-5-16-6-11(10)14/h2-4,10-11,13-14H,5-6H2,1H3. The third-order valence-electron chi connectivity index (χ3n) is 2.51. The number of nitrogens with one attached hydrogen (secondary N) is 1. The minimum Gasteiger partial charge on any atom is -0.497 e. The number of rotatable bonds is 3. The van der Waals surface area contributed by atoms with Crippen LogP contribution in [0.1, 0.15) is 0 Å². The zero-order valence-electron chi connectivity index (χ0n) is 8.94. The predicted octanol–water partition coefficient (Wildman–Crippen LogP) is 1.63. The average Bonchev–Trinajstić information content (AvgIpc) is 2.63. The van der Waals surface area contributed by atoms with Crippen LogP contribution >= 0.6 is 15.9 Å². The highest BCUT2D eigenvalue weighted by atomic mass is 79.9. The predicted molar refractivity (Wildman–Crippen MR) is 64.9 cm³/mol. The number of hydrogen-bond donors (Lipinski definition) is 2. The summed E-state index contributed by atoms with van der Waals surface area (Å²) in [6.07, 6.45) is -0.454. The summed E-state index contributed by atoms with van der Waals surface area (Å²) in [6.45, 7) is 0.915. The molecule has 1 heterocycles. The maximum absolute atomic E-state index is 9.62. The van der Waals surface area contributed by atoms with E-state index in [0.29, 0.717) is 13.2 Å². The van der Waals surface area contributed by atoms with Gasteiger partial charge in [-0.25, -0.2) is 0 Å². The number of aliphatic hydroxyl groups is 1. The van der Waals surface area contributed by atoms with Gasteiger partial charge in [0.1, 0.15) is 5.75 Å². The number of benzene rings is 1. The van der Waals surface area contributed by atoms with Crippen LogP contribution in [0.3, 0.4) is 0 Å². The fourth-order valence-electron chi connectivity index (χ4n) is 1.66. The van der Waals surface area contributed by atoms with E-state index < -0.39 is 6.10 Å². The first-order valence-electron chi connectivity index (χ1n) is 5.06. The van der Waals surface area contributed by atoms with Crippen LogP contribution < -0.4 is 10.1 Å². The van der Waals surface area contributed by atoms with E-state index in [9.17, 15) is 5.11 Å². The molecule has 1 aliphatic rings. The SMILES string of the molecule is COc1cc(Br)cc(NC2COCC2O)c1. The van der Waals surface area contributed by atoms with Gasteiger partial charge >= 0.3 is 0 Å². The molecule has 2 atom stereocenters. The molecule has 4 nitrogen and oxygen atoms in total. The highest BCUT2D eigenvalue weighted by Gasteiger charge is 2.25. The van der Waals surface area contributed by atoms with Crippen molar-refractivity contribution in [2.24, 2.45) is 0 Å². The maximum Gasteiger partial charge on any atom is 0.122 e. The molecule has 1 saturated heterocycles. The van der Waals surface area contributed by atoms with Gasteiger partial charge in [-0.1, -0.05) is 15.9 Å². The van der Waals surface area contributed by atoms with Gasteiger partial charge in [0.2, 0.25) is 0 Å². The second-order valence-electron chi connectivity index (χ2n) is 3.74. The molecule has 0 spiro atoms. The molecule has 88 valence electrons. The van der Waals surface area contributed by atoms with Gasteiger partial charge in [-0.3, -0.25) is 0 Å². The number of ether oxygens (including phenoxy) is 2. The molecule has 0 radical (unpaired) electrons. The van der Waals surface area contributed by atoms with Gasteiger partial charge in [-0.05, 0) is 12.1 Å². The zero-order valence-corrected chi connectivity index (χ0v) is 10.5. The molecule has 2 unspecified atom stereocenters. The van der Waals surface area contributed by atoms with Crippen molar-refractivity contribution in [1.29, 1.82) is 0 Å². The van der Waals surface area contributed by atoms with E-state index in [1.165, 1.54) is 0 Å². The van der Waals surface area contributed by atoms with E-state index in [1.807, 2.05) is 18.2 Å². The lowest BCUT2D eigenvalue weighted by molar-refractivity contribution is 0.125. The Morgan fingerprint density at radius 1 is 1.44 bits per heavy atom. The summed E-state index contributed by atoms with van der Waals surface area (Å²) in [6, 6.07) is 5.65. The Morgan fingerprint density at radius 3 is 2.88 bits per heavy atom. The third kappa shape index (κ3) is 2.66. The molecule has 1 aliphatic heterocycles. The Bertz CT molecular complexity index is 372. The van der Waals surface area contributed by atoms with Crippen molar-refractivity contribution in [2.75, 3.05) is 25.6 Å². The molecule has 1 aromatic carbocycles. The first kappa shape index (κ1) is 11.7. The van der Waals surface area contributed by atoms with Gasteiger partial charge in [0, 0.05) is 16.2 Å². The van der Waals surface area contributed by atoms with Crippen molar-refractivity contribution in [3.8, 4) is 5.75 Å². The van der Waals surface area contributed by atoms with Crippen LogP contribution in [0.15, 0.2) is 22.7 Å². The number of aliphatic hydroxyl groups excluding tert-OH is 1. The summed E-state index contributed by atoms with van der Waals surface area (Å²) in [7, 11) is 1.62. The lowest BCUT2D eigenvalue weighted by Gasteiger charge is -2.16. The average molecular weight is 288 g/mol. The van der Waals surface area contributed by atoms with E-state index >= 15 is 0 Å². The van der Waals surface area contributed by atoms with Crippen molar-refractivity contribution in [2.45, 2.75) is 12.1 Å². The summed E-state index contributed by atoms with van der Waals surface area (Å²) in [5.41, 5.74) is 0.903. The van der Waals surface area contributed by atoms with E-state index in [-0.39, 0.29) is 6.04 Å². The Balaban J connectivity index is 2.11. The molecular formula is C11H14BrNO3. The van der Waals surface area contributed by atoms with Crippen molar-refractivity contribution in [3.63, 3.8) is 0 Å². The molecule has 0 aromatic heterocycles. The normalized spacial score (nSPS) is 24.4. The van der Waals surface area contributed by atoms with Gasteiger partial charge < -0.3 is 19.9 Å². The second kappa shape index (κ2) is 5.03. The lowest BCUT2D eigenvalue weighted by atomic mass is 10.2. The number of anilines is 1. The zero-order chi connectivity index (χ0) is 11.5. The van der Waals surface area contributed by atoms with E-state index in [4.69, 9.17) is 9.47 Å². The van der Waals surface area contributed by atoms with Crippen molar-refractivity contribution >= 4 is 21.6 Å². The highest BCUT2D eigenvalue weighted by molar-refractivity contribution is 9.10. The minimum absolute atomic E-state index is 0.0565. The Kier molecular flexibility index (Phi) is 3.68. The Morgan fingerprint density at radius 2 is 2.25 bits per heavy atom. The lowest BCUT2D eigenvalue weighted by Crippen LogP contribution is -2.31. The summed E-state index contributed by atoms with van der Waals surface area (Å²) < 4.78 is 11.3. The topological polar surface area (TPSA) is 50.7 Å². The fourth-order valence-corrected chi connectivity index (χ4v) is 2.13. The fraction of sp³-hybridized carbons (Fsp3) is 0.455. The van der Waals surface area contributed by atoms with Gasteiger partial charge in [0.05, 0.1) is 32.5 Å². The van der Waals surface area contributed by atoms with Crippen LogP contribution in [0, 0.1) is 0 Å². The smallest absolute Gasteiger partial charge is 0.122 e. The molecule has 1 aromatic rings. The molecule has 16 heavy (non-hydrogen) atoms.